The Morgan fingerprint density at radius 1 is 1.57 bits per heavy atom. The van der Waals surface area contributed by atoms with E-state index < -0.39 is 5.60 Å². The highest BCUT2D eigenvalue weighted by atomic mass is 16.5. The fourth-order valence-corrected chi connectivity index (χ4v) is 3.16. The number of aromatic nitrogens is 4. The maximum Gasteiger partial charge on any atom is 0.263 e. The van der Waals surface area contributed by atoms with Crippen molar-refractivity contribution in [3.05, 3.63) is 12.0 Å². The van der Waals surface area contributed by atoms with Crippen LogP contribution in [0.15, 0.2) is 10.7 Å². The second-order valence-corrected chi connectivity index (χ2v) is 5.75. The molecule has 1 saturated carbocycles. The smallest absolute Gasteiger partial charge is 0.263 e. The van der Waals surface area contributed by atoms with Gasteiger partial charge in [-0.1, -0.05) is 18.5 Å². The number of nitrogen functional groups attached to an aromatic ring is 1. The van der Waals surface area contributed by atoms with E-state index >= 15 is 0 Å². The molecule has 3 N–H and O–H groups in total. The van der Waals surface area contributed by atoms with Crippen LogP contribution in [0.25, 0.3) is 11.5 Å². The molecule has 1 fully saturated rings. The molecule has 0 aromatic carbocycles. The molecule has 0 spiro atoms. The Kier molecular flexibility index (Phi) is 3.67. The lowest BCUT2D eigenvalue weighted by atomic mass is 9.78. The first-order valence-corrected chi connectivity index (χ1v) is 7.42. The SMILES string of the molecule is CCOC1(c2noc(-c3cn[nH]c3N)n2)CCCC(C)C1. The second kappa shape index (κ2) is 5.48. The van der Waals surface area contributed by atoms with Crippen molar-refractivity contribution >= 4 is 5.82 Å². The lowest BCUT2D eigenvalue weighted by molar-refractivity contribution is -0.0891. The van der Waals surface area contributed by atoms with Gasteiger partial charge in [0, 0.05) is 6.61 Å². The van der Waals surface area contributed by atoms with Gasteiger partial charge >= 0.3 is 0 Å². The van der Waals surface area contributed by atoms with Crippen molar-refractivity contribution < 1.29 is 9.26 Å². The molecule has 7 nitrogen and oxygen atoms in total. The number of hydrogen-bond acceptors (Lipinski definition) is 6. The number of rotatable bonds is 4. The topological polar surface area (TPSA) is 103 Å². The molecule has 3 rings (SSSR count). The zero-order valence-electron chi connectivity index (χ0n) is 12.4. The minimum absolute atomic E-state index is 0.383. The Hall–Kier alpha value is -1.89. The molecule has 2 heterocycles. The average Bonchev–Trinajstić information content (AvgIpc) is 3.07. The quantitative estimate of drug-likeness (QED) is 0.897. The van der Waals surface area contributed by atoms with Gasteiger partial charge < -0.3 is 15.0 Å². The van der Waals surface area contributed by atoms with Gasteiger partial charge in [0.25, 0.3) is 5.89 Å². The zero-order chi connectivity index (χ0) is 14.9. The van der Waals surface area contributed by atoms with Crippen LogP contribution in [0.1, 0.15) is 45.4 Å². The van der Waals surface area contributed by atoms with Gasteiger partial charge in [0.2, 0.25) is 5.82 Å². The van der Waals surface area contributed by atoms with E-state index in [1.54, 1.807) is 6.20 Å². The van der Waals surface area contributed by atoms with Gasteiger partial charge in [0.1, 0.15) is 17.0 Å². The molecule has 1 aliphatic carbocycles. The van der Waals surface area contributed by atoms with E-state index in [4.69, 9.17) is 15.0 Å². The molecule has 7 heteroatoms. The highest BCUT2D eigenvalue weighted by Crippen LogP contribution is 2.42. The van der Waals surface area contributed by atoms with Gasteiger partial charge in [0.15, 0.2) is 0 Å². The van der Waals surface area contributed by atoms with Crippen LogP contribution in [-0.4, -0.2) is 26.9 Å². The van der Waals surface area contributed by atoms with E-state index in [9.17, 15) is 0 Å². The van der Waals surface area contributed by atoms with Crippen LogP contribution in [0.3, 0.4) is 0 Å². The van der Waals surface area contributed by atoms with Crippen molar-refractivity contribution in [2.24, 2.45) is 5.92 Å². The van der Waals surface area contributed by atoms with Gasteiger partial charge in [-0.3, -0.25) is 5.10 Å². The zero-order valence-corrected chi connectivity index (χ0v) is 12.4. The van der Waals surface area contributed by atoms with E-state index in [2.05, 4.69) is 27.3 Å². The Bertz CT molecular complexity index is 604. The van der Waals surface area contributed by atoms with Gasteiger partial charge in [-0.05, 0) is 32.1 Å². The van der Waals surface area contributed by atoms with Gasteiger partial charge in [-0.15, -0.1) is 0 Å². The summed E-state index contributed by atoms with van der Waals surface area (Å²) in [5, 5.41) is 10.7. The Morgan fingerprint density at radius 2 is 2.43 bits per heavy atom. The van der Waals surface area contributed by atoms with Crippen molar-refractivity contribution in [3.63, 3.8) is 0 Å². The molecule has 114 valence electrons. The van der Waals surface area contributed by atoms with E-state index in [-0.39, 0.29) is 0 Å². The fourth-order valence-electron chi connectivity index (χ4n) is 3.16. The third-order valence-electron chi connectivity index (χ3n) is 4.11. The summed E-state index contributed by atoms with van der Waals surface area (Å²) in [5.41, 5.74) is 5.99. The first-order chi connectivity index (χ1) is 10.1. The van der Waals surface area contributed by atoms with E-state index in [0.717, 1.165) is 19.3 Å². The summed E-state index contributed by atoms with van der Waals surface area (Å²) in [6, 6.07) is 0. The third kappa shape index (κ3) is 2.53. The first kappa shape index (κ1) is 14.1. The summed E-state index contributed by atoms with van der Waals surface area (Å²) < 4.78 is 11.4. The van der Waals surface area contributed by atoms with Crippen molar-refractivity contribution in [2.45, 2.75) is 45.1 Å². The highest BCUT2D eigenvalue weighted by Gasteiger charge is 2.41. The third-order valence-corrected chi connectivity index (χ3v) is 4.11. The summed E-state index contributed by atoms with van der Waals surface area (Å²) in [5.74, 6) is 2.01. The van der Waals surface area contributed by atoms with Crippen molar-refractivity contribution in [1.82, 2.24) is 20.3 Å². The number of anilines is 1. The van der Waals surface area contributed by atoms with Crippen LogP contribution in [-0.2, 0) is 10.3 Å². The number of ether oxygens (including phenoxy) is 1. The summed E-state index contributed by atoms with van der Waals surface area (Å²) in [6.45, 7) is 4.86. The monoisotopic (exact) mass is 291 g/mol. The Morgan fingerprint density at radius 3 is 3.10 bits per heavy atom. The maximum absolute atomic E-state index is 6.05. The maximum atomic E-state index is 6.05. The lowest BCUT2D eigenvalue weighted by Gasteiger charge is -2.37. The van der Waals surface area contributed by atoms with Gasteiger partial charge in [-0.25, -0.2) is 0 Å². The molecular formula is C14H21N5O2. The standard InChI is InChI=1S/C14H21N5O2/c1-3-20-14(6-4-5-9(2)7-14)13-17-12(21-19-13)10-8-16-18-11(10)15/h8-9H,3-7H2,1-2H3,(H3,15,16,18). The molecule has 0 bridgehead atoms. The molecule has 21 heavy (non-hydrogen) atoms. The summed E-state index contributed by atoms with van der Waals surface area (Å²) >= 11 is 0. The number of nitrogens with zero attached hydrogens (tertiary/aromatic N) is 3. The normalized spacial score (nSPS) is 26.1. The molecule has 2 unspecified atom stereocenters. The molecular weight excluding hydrogens is 270 g/mol. The number of H-pyrrole nitrogens is 1. The minimum atomic E-state index is -0.438. The molecule has 0 radical (unpaired) electrons. The molecule has 1 aliphatic rings. The van der Waals surface area contributed by atoms with E-state index in [1.807, 2.05) is 6.92 Å². The predicted octanol–water partition coefficient (Wildman–Crippen LogP) is 2.48. The molecule has 2 aromatic heterocycles. The number of nitrogens with two attached hydrogens (primary N) is 1. The molecule has 0 aliphatic heterocycles. The number of nitrogens with one attached hydrogen (secondary N) is 1. The van der Waals surface area contributed by atoms with E-state index in [1.165, 1.54) is 6.42 Å². The Balaban J connectivity index is 1.94. The molecule has 2 atom stereocenters. The van der Waals surface area contributed by atoms with Gasteiger partial charge in [-0.2, -0.15) is 10.1 Å². The number of aromatic amines is 1. The second-order valence-electron chi connectivity index (χ2n) is 5.75. The van der Waals surface area contributed by atoms with E-state index in [0.29, 0.717) is 35.6 Å². The molecule has 2 aromatic rings. The Labute approximate surface area is 123 Å². The first-order valence-electron chi connectivity index (χ1n) is 7.42. The van der Waals surface area contributed by atoms with Gasteiger partial charge in [0.05, 0.1) is 6.20 Å². The minimum Gasteiger partial charge on any atom is -0.383 e. The lowest BCUT2D eigenvalue weighted by Crippen LogP contribution is -2.36. The summed E-state index contributed by atoms with van der Waals surface area (Å²) in [7, 11) is 0. The van der Waals surface area contributed by atoms with Crippen molar-refractivity contribution in [1.29, 1.82) is 0 Å². The van der Waals surface area contributed by atoms with Crippen LogP contribution >= 0.6 is 0 Å². The van der Waals surface area contributed by atoms with Crippen LogP contribution in [0.4, 0.5) is 5.82 Å². The molecule has 0 saturated heterocycles. The predicted molar refractivity (Wildman–Crippen MR) is 77.2 cm³/mol. The molecule has 0 amide bonds. The van der Waals surface area contributed by atoms with Crippen LogP contribution in [0, 0.1) is 5.92 Å². The largest absolute Gasteiger partial charge is 0.383 e. The summed E-state index contributed by atoms with van der Waals surface area (Å²) in [6.07, 6.45) is 5.75. The van der Waals surface area contributed by atoms with Crippen molar-refractivity contribution in [2.75, 3.05) is 12.3 Å². The number of hydrogen-bond donors (Lipinski definition) is 2. The fraction of sp³-hybridized carbons (Fsp3) is 0.643. The highest BCUT2D eigenvalue weighted by molar-refractivity contribution is 5.65. The van der Waals surface area contributed by atoms with Crippen molar-refractivity contribution in [3.8, 4) is 11.5 Å². The van der Waals surface area contributed by atoms with Crippen LogP contribution in [0.5, 0.6) is 0 Å². The average molecular weight is 291 g/mol. The summed E-state index contributed by atoms with van der Waals surface area (Å²) in [4.78, 5) is 4.52. The van der Waals surface area contributed by atoms with Crippen LogP contribution in [0.2, 0.25) is 0 Å². The van der Waals surface area contributed by atoms with Crippen LogP contribution < -0.4 is 5.73 Å².